The van der Waals surface area contributed by atoms with E-state index in [4.69, 9.17) is 11.6 Å². The van der Waals surface area contributed by atoms with Crippen LogP contribution in [0.15, 0.2) is 54.6 Å². The number of carbonyl (C=O) groups excluding carboxylic acids is 1. The van der Waals surface area contributed by atoms with Crippen LogP contribution in [0.4, 0.5) is 5.69 Å². The second-order valence-corrected chi connectivity index (χ2v) is 7.44. The lowest BCUT2D eigenvalue weighted by Crippen LogP contribution is -2.21. The summed E-state index contributed by atoms with van der Waals surface area (Å²) in [6.45, 7) is 2.03. The van der Waals surface area contributed by atoms with Crippen molar-refractivity contribution in [3.05, 3.63) is 70.9 Å². The summed E-state index contributed by atoms with van der Waals surface area (Å²) in [6, 6.07) is 17.5. The van der Waals surface area contributed by atoms with Gasteiger partial charge in [-0.25, -0.2) is 0 Å². The molecule has 0 spiro atoms. The first kappa shape index (κ1) is 17.8. The van der Waals surface area contributed by atoms with Crippen molar-refractivity contribution < 1.29 is 4.79 Å². The molecule has 1 atom stereocenters. The lowest BCUT2D eigenvalue weighted by atomic mass is 9.95. The minimum absolute atomic E-state index is 0.00437. The van der Waals surface area contributed by atoms with Crippen LogP contribution in [0, 0.1) is 0 Å². The highest BCUT2D eigenvalue weighted by Gasteiger charge is 2.32. The van der Waals surface area contributed by atoms with Gasteiger partial charge in [0.25, 0.3) is 0 Å². The molecule has 0 unspecified atom stereocenters. The fourth-order valence-electron chi connectivity index (χ4n) is 3.46. The van der Waals surface area contributed by atoms with E-state index < -0.39 is 0 Å². The van der Waals surface area contributed by atoms with Gasteiger partial charge in [0.05, 0.1) is 17.3 Å². The Hall–Kier alpha value is -2.59. The zero-order chi connectivity index (χ0) is 18.8. The number of amides is 1. The maximum Gasteiger partial charge on any atom is 0.232 e. The topological polar surface area (TPSA) is 57.8 Å². The van der Waals surface area contributed by atoms with Gasteiger partial charge in [-0.15, -0.1) is 0 Å². The number of benzene rings is 2. The lowest BCUT2D eigenvalue weighted by Gasteiger charge is -2.16. The molecule has 3 aromatic rings. The van der Waals surface area contributed by atoms with Crippen molar-refractivity contribution in [3.63, 3.8) is 0 Å². The fraction of sp³-hybridized carbons (Fsp3) is 0.273. The summed E-state index contributed by atoms with van der Waals surface area (Å²) in [5.41, 5.74) is 4.48. The molecule has 4 rings (SSSR count). The van der Waals surface area contributed by atoms with Crippen molar-refractivity contribution in [1.29, 1.82) is 0 Å². The van der Waals surface area contributed by atoms with Crippen LogP contribution >= 0.6 is 11.6 Å². The number of hydrogen-bond donors (Lipinski definition) is 2. The SMILES string of the molecule is CC[C@H](C(=O)Nc1c(-c2cccc(Cl)c2)n[nH]c1C1CC1)c1ccccc1. The molecule has 0 radical (unpaired) electrons. The molecule has 5 heteroatoms. The number of anilines is 1. The smallest absolute Gasteiger partial charge is 0.232 e. The van der Waals surface area contributed by atoms with Crippen LogP contribution in [0.5, 0.6) is 0 Å². The number of rotatable bonds is 6. The molecular formula is C22H22ClN3O. The highest BCUT2D eigenvalue weighted by atomic mass is 35.5. The van der Waals surface area contributed by atoms with Crippen LogP contribution in [0.25, 0.3) is 11.3 Å². The highest BCUT2D eigenvalue weighted by Crippen LogP contribution is 2.45. The van der Waals surface area contributed by atoms with E-state index in [-0.39, 0.29) is 11.8 Å². The van der Waals surface area contributed by atoms with Gasteiger partial charge in [0, 0.05) is 16.5 Å². The second-order valence-electron chi connectivity index (χ2n) is 7.01. The molecule has 4 nitrogen and oxygen atoms in total. The van der Waals surface area contributed by atoms with Crippen LogP contribution < -0.4 is 5.32 Å². The number of hydrogen-bond acceptors (Lipinski definition) is 2. The van der Waals surface area contributed by atoms with Crippen LogP contribution in [0.1, 0.15) is 49.3 Å². The molecule has 1 amide bonds. The molecule has 2 aromatic carbocycles. The summed E-state index contributed by atoms with van der Waals surface area (Å²) in [6.07, 6.45) is 2.98. The summed E-state index contributed by atoms with van der Waals surface area (Å²) in [4.78, 5) is 13.1. The molecule has 1 aliphatic carbocycles. The minimum atomic E-state index is -0.194. The van der Waals surface area contributed by atoms with Gasteiger partial charge in [-0.1, -0.05) is 61.0 Å². The molecule has 1 fully saturated rings. The van der Waals surface area contributed by atoms with Gasteiger partial charge in [0.1, 0.15) is 5.69 Å². The third-order valence-corrected chi connectivity index (χ3v) is 5.29. The molecule has 138 valence electrons. The van der Waals surface area contributed by atoms with Crippen molar-refractivity contribution in [1.82, 2.24) is 10.2 Å². The van der Waals surface area contributed by atoms with E-state index in [0.717, 1.165) is 47.5 Å². The maximum atomic E-state index is 13.1. The first-order chi connectivity index (χ1) is 13.2. The molecule has 0 aliphatic heterocycles. The normalized spacial score (nSPS) is 14.7. The summed E-state index contributed by atoms with van der Waals surface area (Å²) in [5, 5.41) is 11.5. The zero-order valence-electron chi connectivity index (χ0n) is 15.2. The Morgan fingerprint density at radius 1 is 1.22 bits per heavy atom. The van der Waals surface area contributed by atoms with E-state index >= 15 is 0 Å². The third-order valence-electron chi connectivity index (χ3n) is 5.05. The van der Waals surface area contributed by atoms with E-state index in [1.807, 2.05) is 61.5 Å². The summed E-state index contributed by atoms with van der Waals surface area (Å²) in [5.74, 6) is 0.244. The molecule has 1 aliphatic rings. The zero-order valence-corrected chi connectivity index (χ0v) is 16.0. The van der Waals surface area contributed by atoms with Crippen LogP contribution in [0.2, 0.25) is 5.02 Å². The van der Waals surface area contributed by atoms with Gasteiger partial charge in [0.15, 0.2) is 0 Å². The van der Waals surface area contributed by atoms with E-state index in [9.17, 15) is 4.79 Å². The Balaban J connectivity index is 1.68. The van der Waals surface area contributed by atoms with E-state index in [0.29, 0.717) is 10.9 Å². The number of halogens is 1. The van der Waals surface area contributed by atoms with Crippen LogP contribution in [-0.4, -0.2) is 16.1 Å². The largest absolute Gasteiger partial charge is 0.322 e. The van der Waals surface area contributed by atoms with E-state index in [1.165, 1.54) is 0 Å². The van der Waals surface area contributed by atoms with Crippen molar-refractivity contribution in [3.8, 4) is 11.3 Å². The Labute approximate surface area is 164 Å². The molecule has 0 saturated heterocycles. The van der Waals surface area contributed by atoms with Crippen molar-refractivity contribution >= 4 is 23.2 Å². The van der Waals surface area contributed by atoms with Crippen molar-refractivity contribution in [2.24, 2.45) is 0 Å². The first-order valence-corrected chi connectivity index (χ1v) is 9.75. The number of aromatic amines is 1. The van der Waals surface area contributed by atoms with Gasteiger partial charge >= 0.3 is 0 Å². The Kier molecular flexibility index (Phi) is 4.99. The fourth-order valence-corrected chi connectivity index (χ4v) is 3.65. The van der Waals surface area contributed by atoms with Gasteiger partial charge in [-0.2, -0.15) is 5.10 Å². The predicted molar refractivity (Wildman–Crippen MR) is 109 cm³/mol. The molecule has 1 aromatic heterocycles. The lowest BCUT2D eigenvalue weighted by molar-refractivity contribution is -0.117. The predicted octanol–water partition coefficient (Wildman–Crippen LogP) is 5.74. The van der Waals surface area contributed by atoms with Gasteiger partial charge in [0.2, 0.25) is 5.91 Å². The molecule has 0 bridgehead atoms. The molecule has 27 heavy (non-hydrogen) atoms. The molecule has 1 saturated carbocycles. The van der Waals surface area contributed by atoms with Crippen molar-refractivity contribution in [2.45, 2.75) is 38.0 Å². The highest BCUT2D eigenvalue weighted by molar-refractivity contribution is 6.30. The average Bonchev–Trinajstić information content (AvgIpc) is 3.44. The van der Waals surface area contributed by atoms with Gasteiger partial charge in [-0.3, -0.25) is 9.89 Å². The van der Waals surface area contributed by atoms with Crippen LogP contribution in [-0.2, 0) is 4.79 Å². The van der Waals surface area contributed by atoms with Gasteiger partial charge < -0.3 is 5.32 Å². The number of H-pyrrole nitrogens is 1. The number of nitrogens with zero attached hydrogens (tertiary/aromatic N) is 1. The van der Waals surface area contributed by atoms with Gasteiger partial charge in [-0.05, 0) is 37.0 Å². The summed E-state index contributed by atoms with van der Waals surface area (Å²) < 4.78 is 0. The first-order valence-electron chi connectivity index (χ1n) is 9.37. The summed E-state index contributed by atoms with van der Waals surface area (Å²) in [7, 11) is 0. The Morgan fingerprint density at radius 3 is 2.67 bits per heavy atom. The maximum absolute atomic E-state index is 13.1. The van der Waals surface area contributed by atoms with E-state index in [2.05, 4.69) is 15.5 Å². The van der Waals surface area contributed by atoms with Crippen molar-refractivity contribution in [2.75, 3.05) is 5.32 Å². The number of aromatic nitrogens is 2. The quantitative estimate of drug-likeness (QED) is 0.573. The van der Waals surface area contributed by atoms with E-state index in [1.54, 1.807) is 0 Å². The second kappa shape index (κ2) is 7.57. The average molecular weight is 380 g/mol. The molecular weight excluding hydrogens is 358 g/mol. The standard InChI is InChI=1S/C22H22ClN3O/c1-2-18(14-7-4-3-5-8-14)22(27)24-21-19(15-11-12-15)25-26-20(21)16-9-6-10-17(23)13-16/h3-10,13,15,18H,2,11-12H2,1H3,(H,24,27)(H,25,26)/t18-/m0/s1. The number of carbonyl (C=O) groups is 1. The molecule has 2 N–H and O–H groups in total. The Morgan fingerprint density at radius 2 is 2.00 bits per heavy atom. The van der Waals surface area contributed by atoms with Crippen LogP contribution in [0.3, 0.4) is 0 Å². The summed E-state index contributed by atoms with van der Waals surface area (Å²) >= 11 is 6.16. The third kappa shape index (κ3) is 3.76. The minimum Gasteiger partial charge on any atom is -0.322 e. The monoisotopic (exact) mass is 379 g/mol. The molecule has 1 heterocycles. The Bertz CT molecular complexity index is 947. The number of nitrogens with one attached hydrogen (secondary N) is 2.